The number of hydrogen-bond acceptors (Lipinski definition) is 1. The van der Waals surface area contributed by atoms with Crippen LogP contribution in [0.2, 0.25) is 0 Å². The highest BCUT2D eigenvalue weighted by atomic mass is 35.5. The highest BCUT2D eigenvalue weighted by molar-refractivity contribution is 6.13. The van der Waals surface area contributed by atoms with E-state index in [1.165, 1.54) is 0 Å². The van der Waals surface area contributed by atoms with Crippen LogP contribution >= 0.6 is 11.8 Å². The van der Waals surface area contributed by atoms with E-state index in [0.29, 0.717) is 6.04 Å². The predicted molar refractivity (Wildman–Crippen MR) is 31.2 cm³/mol. The van der Waals surface area contributed by atoms with Gasteiger partial charge in [-0.1, -0.05) is 12.2 Å². The van der Waals surface area contributed by atoms with Gasteiger partial charge in [-0.25, -0.2) is 4.84 Å². The van der Waals surface area contributed by atoms with Gasteiger partial charge in [-0.15, -0.1) is 0 Å². The van der Waals surface area contributed by atoms with Crippen LogP contribution in [0.15, 0.2) is 12.2 Å². The standard InChI is InChI=1S/C5H8ClN/c6-7-5-3-1-2-4-5/h1-2,5,7H,3-4H2. The third-order valence-corrected chi connectivity index (χ3v) is 1.47. The van der Waals surface area contributed by atoms with Crippen LogP contribution in [0, 0.1) is 0 Å². The maximum absolute atomic E-state index is 5.32. The molecule has 0 radical (unpaired) electrons. The Balaban J connectivity index is 2.22. The van der Waals surface area contributed by atoms with Crippen molar-refractivity contribution in [1.29, 1.82) is 0 Å². The molecule has 1 aliphatic carbocycles. The van der Waals surface area contributed by atoms with Crippen molar-refractivity contribution in [3.05, 3.63) is 12.2 Å². The Hall–Kier alpha value is -0.0100. The average Bonchev–Trinajstić information content (AvgIpc) is 2.14. The van der Waals surface area contributed by atoms with E-state index in [-0.39, 0.29) is 0 Å². The van der Waals surface area contributed by atoms with Crippen LogP contribution in [0.25, 0.3) is 0 Å². The second-order valence-electron chi connectivity index (χ2n) is 1.75. The third-order valence-electron chi connectivity index (χ3n) is 1.16. The van der Waals surface area contributed by atoms with E-state index in [2.05, 4.69) is 17.0 Å². The lowest BCUT2D eigenvalue weighted by Crippen LogP contribution is -2.15. The van der Waals surface area contributed by atoms with Crippen LogP contribution in [0.3, 0.4) is 0 Å². The van der Waals surface area contributed by atoms with Crippen molar-refractivity contribution >= 4 is 11.8 Å². The molecule has 0 bridgehead atoms. The Bertz CT molecular complexity index is 72.1. The predicted octanol–water partition coefficient (Wildman–Crippen LogP) is 1.45. The van der Waals surface area contributed by atoms with Crippen molar-refractivity contribution < 1.29 is 0 Å². The molecule has 0 heterocycles. The molecule has 0 saturated heterocycles. The van der Waals surface area contributed by atoms with Crippen molar-refractivity contribution in [3.63, 3.8) is 0 Å². The van der Waals surface area contributed by atoms with Gasteiger partial charge in [0.15, 0.2) is 0 Å². The van der Waals surface area contributed by atoms with Crippen molar-refractivity contribution in [1.82, 2.24) is 4.84 Å². The van der Waals surface area contributed by atoms with Crippen molar-refractivity contribution in [3.8, 4) is 0 Å². The first-order valence-corrected chi connectivity index (χ1v) is 2.82. The summed E-state index contributed by atoms with van der Waals surface area (Å²) in [7, 11) is 0. The Morgan fingerprint density at radius 2 is 2.00 bits per heavy atom. The van der Waals surface area contributed by atoms with E-state index < -0.39 is 0 Å². The largest absolute Gasteiger partial charge is 0.230 e. The molecule has 1 nitrogen and oxygen atoms in total. The van der Waals surface area contributed by atoms with Gasteiger partial charge in [0.2, 0.25) is 0 Å². The summed E-state index contributed by atoms with van der Waals surface area (Å²) in [6.07, 6.45) is 6.45. The van der Waals surface area contributed by atoms with Crippen LogP contribution in [0.1, 0.15) is 12.8 Å². The molecule has 0 atom stereocenters. The molecule has 0 amide bonds. The zero-order valence-electron chi connectivity index (χ0n) is 4.02. The number of nitrogens with one attached hydrogen (secondary N) is 1. The van der Waals surface area contributed by atoms with Crippen LogP contribution in [-0.2, 0) is 0 Å². The fourth-order valence-corrected chi connectivity index (χ4v) is 0.884. The minimum atomic E-state index is 0.502. The zero-order chi connectivity index (χ0) is 5.11. The number of rotatable bonds is 1. The molecular weight excluding hydrogens is 110 g/mol. The van der Waals surface area contributed by atoms with E-state index in [0.717, 1.165) is 12.8 Å². The zero-order valence-corrected chi connectivity index (χ0v) is 4.78. The quantitative estimate of drug-likeness (QED) is 0.405. The fourth-order valence-electron chi connectivity index (χ4n) is 0.706. The maximum atomic E-state index is 5.32. The van der Waals surface area contributed by atoms with E-state index >= 15 is 0 Å². The molecular formula is C5H8ClN. The Kier molecular flexibility index (Phi) is 1.71. The summed E-state index contributed by atoms with van der Waals surface area (Å²) in [6.45, 7) is 0. The monoisotopic (exact) mass is 117 g/mol. The van der Waals surface area contributed by atoms with Crippen LogP contribution in [0.4, 0.5) is 0 Å². The van der Waals surface area contributed by atoms with Gasteiger partial charge in [-0.05, 0) is 24.6 Å². The molecule has 2 heteroatoms. The first kappa shape index (κ1) is 5.13. The molecule has 7 heavy (non-hydrogen) atoms. The van der Waals surface area contributed by atoms with Gasteiger partial charge in [-0.3, -0.25) is 0 Å². The molecule has 1 rings (SSSR count). The van der Waals surface area contributed by atoms with E-state index in [9.17, 15) is 0 Å². The number of halogens is 1. The topological polar surface area (TPSA) is 12.0 Å². The highest BCUT2D eigenvalue weighted by Gasteiger charge is 2.05. The molecule has 1 aliphatic rings. The first-order chi connectivity index (χ1) is 3.43. The minimum Gasteiger partial charge on any atom is -0.230 e. The van der Waals surface area contributed by atoms with Gasteiger partial charge in [0.05, 0.1) is 0 Å². The van der Waals surface area contributed by atoms with Crippen molar-refractivity contribution in [2.75, 3.05) is 0 Å². The van der Waals surface area contributed by atoms with Gasteiger partial charge in [0.25, 0.3) is 0 Å². The smallest absolute Gasteiger partial charge is 0.0289 e. The van der Waals surface area contributed by atoms with Crippen LogP contribution < -0.4 is 4.84 Å². The first-order valence-electron chi connectivity index (χ1n) is 2.44. The Labute approximate surface area is 48.5 Å². The summed E-state index contributed by atoms with van der Waals surface area (Å²) >= 11 is 5.32. The second-order valence-corrected chi connectivity index (χ2v) is 1.97. The second kappa shape index (κ2) is 2.34. The summed E-state index contributed by atoms with van der Waals surface area (Å²) in [5.41, 5.74) is 0. The summed E-state index contributed by atoms with van der Waals surface area (Å²) in [5.74, 6) is 0. The molecule has 40 valence electrons. The SMILES string of the molecule is ClNC1CC=CC1. The average molecular weight is 118 g/mol. The maximum Gasteiger partial charge on any atom is 0.0289 e. The molecule has 0 spiro atoms. The van der Waals surface area contributed by atoms with Gasteiger partial charge in [0, 0.05) is 6.04 Å². The molecule has 0 unspecified atom stereocenters. The van der Waals surface area contributed by atoms with E-state index in [1.54, 1.807) is 0 Å². The fraction of sp³-hybridized carbons (Fsp3) is 0.600. The van der Waals surface area contributed by atoms with Crippen molar-refractivity contribution in [2.24, 2.45) is 0 Å². The van der Waals surface area contributed by atoms with Crippen molar-refractivity contribution in [2.45, 2.75) is 18.9 Å². The van der Waals surface area contributed by atoms with Crippen LogP contribution in [-0.4, -0.2) is 6.04 Å². The van der Waals surface area contributed by atoms with Gasteiger partial charge in [0.1, 0.15) is 0 Å². The lowest BCUT2D eigenvalue weighted by atomic mass is 10.3. The van der Waals surface area contributed by atoms with E-state index in [1.807, 2.05) is 0 Å². The molecule has 0 fully saturated rings. The molecule has 0 aromatic carbocycles. The lowest BCUT2D eigenvalue weighted by molar-refractivity contribution is 0.674. The Morgan fingerprint density at radius 1 is 1.43 bits per heavy atom. The van der Waals surface area contributed by atoms with Gasteiger partial charge >= 0.3 is 0 Å². The summed E-state index contributed by atoms with van der Waals surface area (Å²) in [5, 5.41) is 0. The molecule has 1 N–H and O–H groups in total. The normalized spacial score (nSPS) is 21.3. The van der Waals surface area contributed by atoms with Gasteiger partial charge in [-0.2, -0.15) is 0 Å². The third kappa shape index (κ3) is 1.18. The molecule has 0 aromatic rings. The molecule has 0 aromatic heterocycles. The lowest BCUT2D eigenvalue weighted by Gasteiger charge is -2.00. The molecule has 0 aliphatic heterocycles. The number of hydrogen-bond donors (Lipinski definition) is 1. The molecule has 0 saturated carbocycles. The minimum absolute atomic E-state index is 0.502. The summed E-state index contributed by atoms with van der Waals surface area (Å²) in [4.78, 5) is 2.67. The Morgan fingerprint density at radius 3 is 2.29 bits per heavy atom. The summed E-state index contributed by atoms with van der Waals surface area (Å²) in [6, 6.07) is 0.502. The van der Waals surface area contributed by atoms with E-state index in [4.69, 9.17) is 11.8 Å². The van der Waals surface area contributed by atoms with Crippen LogP contribution in [0.5, 0.6) is 0 Å². The highest BCUT2D eigenvalue weighted by Crippen LogP contribution is 2.08. The van der Waals surface area contributed by atoms with Gasteiger partial charge < -0.3 is 0 Å². The summed E-state index contributed by atoms with van der Waals surface area (Å²) < 4.78 is 0.